The second-order valence-electron chi connectivity index (χ2n) is 5.54. The molecule has 0 spiro atoms. The second-order valence-corrected chi connectivity index (χ2v) is 6.40. The Balaban J connectivity index is 1.96. The van der Waals surface area contributed by atoms with Gasteiger partial charge in [-0.05, 0) is 71.6 Å². The number of hydrogen-bond donors (Lipinski definition) is 2. The van der Waals surface area contributed by atoms with Crippen LogP contribution in [0, 0.1) is 13.8 Å². The smallest absolute Gasteiger partial charge is 0.329 e. The average molecular weight is 418 g/mol. The van der Waals surface area contributed by atoms with Crippen molar-refractivity contribution in [2.24, 2.45) is 5.10 Å². The van der Waals surface area contributed by atoms with Gasteiger partial charge < -0.3 is 10.1 Å². The molecule has 0 saturated carbocycles. The van der Waals surface area contributed by atoms with Gasteiger partial charge >= 0.3 is 11.8 Å². The maximum atomic E-state index is 12.0. The molecule has 26 heavy (non-hydrogen) atoms. The lowest BCUT2D eigenvalue weighted by atomic mass is 10.1. The lowest BCUT2D eigenvalue weighted by Gasteiger charge is -2.10. The van der Waals surface area contributed by atoms with E-state index in [4.69, 9.17) is 4.74 Å². The largest absolute Gasteiger partial charge is 0.493 e. The molecular formula is C19H20BrN3O3. The van der Waals surface area contributed by atoms with Crippen LogP contribution in [-0.2, 0) is 9.59 Å². The monoisotopic (exact) mass is 417 g/mol. The number of benzene rings is 2. The number of carbonyl (C=O) groups excluding carboxylic acids is 2. The minimum absolute atomic E-state index is 0.567. The first-order valence-electron chi connectivity index (χ1n) is 8.05. The summed E-state index contributed by atoms with van der Waals surface area (Å²) >= 11 is 3.40. The van der Waals surface area contributed by atoms with Gasteiger partial charge in [0.1, 0.15) is 5.75 Å². The molecule has 0 aromatic heterocycles. The third-order valence-corrected chi connectivity index (χ3v) is 4.18. The van der Waals surface area contributed by atoms with E-state index in [-0.39, 0.29) is 0 Å². The predicted molar refractivity (Wildman–Crippen MR) is 106 cm³/mol. The summed E-state index contributed by atoms with van der Waals surface area (Å²) in [5, 5.41) is 6.43. The zero-order valence-electron chi connectivity index (χ0n) is 14.8. The Hall–Kier alpha value is -2.67. The van der Waals surface area contributed by atoms with Crippen LogP contribution in [0.4, 0.5) is 5.69 Å². The zero-order chi connectivity index (χ0) is 19.1. The van der Waals surface area contributed by atoms with Crippen LogP contribution in [-0.4, -0.2) is 24.6 Å². The second kappa shape index (κ2) is 9.15. The maximum absolute atomic E-state index is 12.0. The van der Waals surface area contributed by atoms with Crippen LogP contribution in [0.25, 0.3) is 0 Å². The molecule has 6 nitrogen and oxygen atoms in total. The first-order valence-corrected chi connectivity index (χ1v) is 8.84. The summed E-state index contributed by atoms with van der Waals surface area (Å²) < 4.78 is 6.21. The van der Waals surface area contributed by atoms with Gasteiger partial charge in [0.05, 0.1) is 17.3 Å². The SMILES string of the molecule is CCOc1ccc(/C=N\NC(=O)C(=O)Nc2c(C)cccc2C)cc1Br. The molecule has 0 aliphatic heterocycles. The number of halogens is 1. The fourth-order valence-corrected chi connectivity index (χ4v) is 2.78. The van der Waals surface area contributed by atoms with Crippen LogP contribution in [0.15, 0.2) is 46.0 Å². The van der Waals surface area contributed by atoms with E-state index in [9.17, 15) is 9.59 Å². The van der Waals surface area contributed by atoms with Crippen molar-refractivity contribution in [2.75, 3.05) is 11.9 Å². The average Bonchev–Trinajstić information content (AvgIpc) is 2.60. The minimum Gasteiger partial charge on any atom is -0.493 e. The van der Waals surface area contributed by atoms with E-state index in [0.717, 1.165) is 26.9 Å². The fraction of sp³-hybridized carbons (Fsp3) is 0.211. The van der Waals surface area contributed by atoms with E-state index in [0.29, 0.717) is 12.3 Å². The Morgan fingerprint density at radius 2 is 1.85 bits per heavy atom. The van der Waals surface area contributed by atoms with Crippen molar-refractivity contribution in [3.05, 3.63) is 57.6 Å². The van der Waals surface area contributed by atoms with Gasteiger partial charge in [-0.3, -0.25) is 9.59 Å². The number of hydrogen-bond acceptors (Lipinski definition) is 4. The van der Waals surface area contributed by atoms with E-state index in [1.807, 2.05) is 39.0 Å². The summed E-state index contributed by atoms with van der Waals surface area (Å²) in [6.45, 7) is 6.20. The summed E-state index contributed by atoms with van der Waals surface area (Å²) in [7, 11) is 0. The maximum Gasteiger partial charge on any atom is 0.329 e. The highest BCUT2D eigenvalue weighted by Crippen LogP contribution is 2.25. The molecule has 2 amide bonds. The third-order valence-electron chi connectivity index (χ3n) is 3.56. The molecule has 2 N–H and O–H groups in total. The van der Waals surface area contributed by atoms with E-state index < -0.39 is 11.8 Å². The lowest BCUT2D eigenvalue weighted by molar-refractivity contribution is -0.136. The molecule has 0 bridgehead atoms. The van der Waals surface area contributed by atoms with Crippen LogP contribution >= 0.6 is 15.9 Å². The van der Waals surface area contributed by atoms with Crippen molar-refractivity contribution in [1.82, 2.24) is 5.43 Å². The van der Waals surface area contributed by atoms with Gasteiger partial charge in [-0.25, -0.2) is 5.43 Å². The van der Waals surface area contributed by atoms with Gasteiger partial charge in [-0.1, -0.05) is 18.2 Å². The van der Waals surface area contributed by atoms with Gasteiger partial charge in [0.25, 0.3) is 0 Å². The number of amides is 2. The number of carbonyl (C=O) groups is 2. The summed E-state index contributed by atoms with van der Waals surface area (Å²) in [6, 6.07) is 11.0. The molecule has 2 aromatic carbocycles. The molecule has 0 unspecified atom stereocenters. The zero-order valence-corrected chi connectivity index (χ0v) is 16.4. The fourth-order valence-electron chi connectivity index (χ4n) is 2.27. The lowest BCUT2D eigenvalue weighted by Crippen LogP contribution is -2.32. The Morgan fingerprint density at radius 1 is 1.15 bits per heavy atom. The topological polar surface area (TPSA) is 79.8 Å². The van der Waals surface area contributed by atoms with Crippen molar-refractivity contribution in [3.8, 4) is 5.75 Å². The molecule has 136 valence electrons. The molecule has 0 radical (unpaired) electrons. The van der Waals surface area contributed by atoms with Gasteiger partial charge in [0.2, 0.25) is 0 Å². The van der Waals surface area contributed by atoms with Gasteiger partial charge in [-0.15, -0.1) is 0 Å². The van der Waals surface area contributed by atoms with Crippen molar-refractivity contribution >= 4 is 39.6 Å². The summed E-state index contributed by atoms with van der Waals surface area (Å²) in [5.74, 6) is -0.886. The molecule has 0 aliphatic rings. The van der Waals surface area contributed by atoms with Crippen molar-refractivity contribution in [1.29, 1.82) is 0 Å². The number of para-hydroxylation sites is 1. The molecule has 0 aliphatic carbocycles. The van der Waals surface area contributed by atoms with Crippen LogP contribution in [0.3, 0.4) is 0 Å². The quantitative estimate of drug-likeness (QED) is 0.443. The number of nitrogens with zero attached hydrogens (tertiary/aromatic N) is 1. The highest BCUT2D eigenvalue weighted by Gasteiger charge is 2.15. The van der Waals surface area contributed by atoms with E-state index >= 15 is 0 Å². The molecule has 0 atom stereocenters. The molecular weight excluding hydrogens is 398 g/mol. The van der Waals surface area contributed by atoms with Crippen molar-refractivity contribution in [2.45, 2.75) is 20.8 Å². The molecule has 2 aromatic rings. The van der Waals surface area contributed by atoms with Gasteiger partial charge in [-0.2, -0.15) is 5.10 Å². The summed E-state index contributed by atoms with van der Waals surface area (Å²) in [6.07, 6.45) is 1.45. The summed E-state index contributed by atoms with van der Waals surface area (Å²) in [4.78, 5) is 23.9. The van der Waals surface area contributed by atoms with Gasteiger partial charge in [0, 0.05) is 5.69 Å². The Bertz CT molecular complexity index is 830. The molecule has 0 heterocycles. The molecule has 2 rings (SSSR count). The van der Waals surface area contributed by atoms with E-state index in [2.05, 4.69) is 31.8 Å². The number of anilines is 1. The molecule has 0 fully saturated rings. The van der Waals surface area contributed by atoms with Crippen LogP contribution in [0.1, 0.15) is 23.6 Å². The van der Waals surface area contributed by atoms with Crippen LogP contribution < -0.4 is 15.5 Å². The number of ether oxygens (including phenoxy) is 1. The Labute approximate surface area is 160 Å². The van der Waals surface area contributed by atoms with Crippen LogP contribution in [0.5, 0.6) is 5.75 Å². The first kappa shape index (κ1) is 19.7. The minimum atomic E-state index is -0.839. The number of rotatable bonds is 5. The van der Waals surface area contributed by atoms with Crippen molar-refractivity contribution in [3.63, 3.8) is 0 Å². The summed E-state index contributed by atoms with van der Waals surface area (Å²) in [5.41, 5.74) is 5.37. The third kappa shape index (κ3) is 5.16. The molecule has 7 heteroatoms. The normalized spacial score (nSPS) is 10.6. The molecule has 0 saturated heterocycles. The number of nitrogens with one attached hydrogen (secondary N) is 2. The van der Waals surface area contributed by atoms with Crippen LogP contribution in [0.2, 0.25) is 0 Å². The highest BCUT2D eigenvalue weighted by molar-refractivity contribution is 9.10. The Morgan fingerprint density at radius 3 is 2.46 bits per heavy atom. The van der Waals surface area contributed by atoms with E-state index in [1.165, 1.54) is 6.21 Å². The Kier molecular flexibility index (Phi) is 6.91. The first-order chi connectivity index (χ1) is 12.4. The van der Waals surface area contributed by atoms with E-state index in [1.54, 1.807) is 18.2 Å². The predicted octanol–water partition coefficient (Wildman–Crippen LogP) is 3.55. The standard InChI is InChI=1S/C19H20BrN3O3/c1-4-26-16-9-8-14(10-15(16)20)11-21-23-19(25)18(24)22-17-12(2)6-5-7-13(17)3/h5-11H,4H2,1-3H3,(H,22,24)(H,23,25)/b21-11-. The van der Waals surface area contributed by atoms with Crippen molar-refractivity contribution < 1.29 is 14.3 Å². The number of aryl methyl sites for hydroxylation is 2. The highest BCUT2D eigenvalue weighted by atomic mass is 79.9. The number of hydrazone groups is 1. The van der Waals surface area contributed by atoms with Gasteiger partial charge in [0.15, 0.2) is 0 Å².